The van der Waals surface area contributed by atoms with Crippen LogP contribution in [0.25, 0.3) is 0 Å². The van der Waals surface area contributed by atoms with Gasteiger partial charge >= 0.3 is 12.1 Å². The van der Waals surface area contributed by atoms with Crippen molar-refractivity contribution in [2.45, 2.75) is 13.1 Å². The van der Waals surface area contributed by atoms with Crippen LogP contribution in [0.15, 0.2) is 42.5 Å². The van der Waals surface area contributed by atoms with Gasteiger partial charge in [-0.3, -0.25) is 9.59 Å². The molecule has 0 unspecified atom stereocenters. The number of halogens is 4. The SMILES string of the molecule is Cc1ccc(OCC(=O)Nc2ccc(N3CCN(C(=O)C(F)(F)F)CC3)c(Cl)c2)cc1. The van der Waals surface area contributed by atoms with Crippen LogP contribution in [0.5, 0.6) is 5.75 Å². The molecule has 0 bridgehead atoms. The number of hydrogen-bond donors (Lipinski definition) is 1. The van der Waals surface area contributed by atoms with Crippen molar-refractivity contribution in [1.29, 1.82) is 0 Å². The molecule has 0 saturated carbocycles. The third kappa shape index (κ3) is 6.04. The minimum absolute atomic E-state index is 0.0521. The average Bonchev–Trinajstić information content (AvgIpc) is 2.72. The minimum atomic E-state index is -4.87. The highest BCUT2D eigenvalue weighted by Gasteiger charge is 2.43. The number of carbonyl (C=O) groups excluding carboxylic acids is 2. The predicted molar refractivity (Wildman–Crippen MR) is 112 cm³/mol. The molecule has 166 valence electrons. The van der Waals surface area contributed by atoms with Gasteiger partial charge in [-0.2, -0.15) is 13.2 Å². The van der Waals surface area contributed by atoms with E-state index in [2.05, 4.69) is 5.32 Å². The zero-order chi connectivity index (χ0) is 22.6. The summed E-state index contributed by atoms with van der Waals surface area (Å²) in [6, 6.07) is 12.2. The molecule has 3 rings (SSSR count). The summed E-state index contributed by atoms with van der Waals surface area (Å²) in [5.41, 5.74) is 2.17. The number of piperazine rings is 1. The van der Waals surface area contributed by atoms with Gasteiger partial charge in [0.05, 0.1) is 10.7 Å². The molecule has 2 aromatic carbocycles. The van der Waals surface area contributed by atoms with E-state index in [1.165, 1.54) is 0 Å². The number of anilines is 2. The van der Waals surface area contributed by atoms with E-state index in [4.69, 9.17) is 16.3 Å². The number of hydrogen-bond acceptors (Lipinski definition) is 4. The molecule has 2 amide bonds. The van der Waals surface area contributed by atoms with Gasteiger partial charge < -0.3 is 19.9 Å². The second-order valence-corrected chi connectivity index (χ2v) is 7.50. The summed E-state index contributed by atoms with van der Waals surface area (Å²) in [6.07, 6.45) is -4.87. The standard InChI is InChI=1S/C21H21ClF3N3O3/c1-14-2-5-16(6-3-14)31-13-19(29)26-15-4-7-18(17(22)12-15)27-8-10-28(11-9-27)20(30)21(23,24)25/h2-7,12H,8-11,13H2,1H3,(H,26,29). The van der Waals surface area contributed by atoms with Gasteiger partial charge in [-0.05, 0) is 37.3 Å². The lowest BCUT2D eigenvalue weighted by Crippen LogP contribution is -2.52. The number of alkyl halides is 3. The summed E-state index contributed by atoms with van der Waals surface area (Å²) in [5, 5.41) is 3.03. The van der Waals surface area contributed by atoms with Gasteiger partial charge in [-0.1, -0.05) is 29.3 Å². The van der Waals surface area contributed by atoms with Crippen LogP contribution in [0, 0.1) is 6.92 Å². The number of benzene rings is 2. The molecular weight excluding hydrogens is 435 g/mol. The molecule has 6 nitrogen and oxygen atoms in total. The third-order valence-electron chi connectivity index (χ3n) is 4.77. The third-order valence-corrected chi connectivity index (χ3v) is 5.08. The molecule has 1 N–H and O–H groups in total. The fourth-order valence-corrected chi connectivity index (χ4v) is 3.45. The largest absolute Gasteiger partial charge is 0.484 e. The fraction of sp³-hybridized carbons (Fsp3) is 0.333. The molecule has 0 radical (unpaired) electrons. The van der Waals surface area contributed by atoms with E-state index in [0.717, 1.165) is 10.5 Å². The lowest BCUT2D eigenvalue weighted by Gasteiger charge is -2.36. The van der Waals surface area contributed by atoms with E-state index < -0.39 is 12.1 Å². The van der Waals surface area contributed by atoms with Crippen LogP contribution >= 0.6 is 11.6 Å². The van der Waals surface area contributed by atoms with Crippen LogP contribution in [0.1, 0.15) is 5.56 Å². The number of nitrogens with zero attached hydrogens (tertiary/aromatic N) is 2. The van der Waals surface area contributed by atoms with Crippen LogP contribution in [0.3, 0.4) is 0 Å². The molecule has 1 heterocycles. The first-order valence-electron chi connectivity index (χ1n) is 9.53. The van der Waals surface area contributed by atoms with Crippen LogP contribution in [0.4, 0.5) is 24.5 Å². The Morgan fingerprint density at radius 3 is 2.29 bits per heavy atom. The molecule has 2 aromatic rings. The Morgan fingerprint density at radius 1 is 1.06 bits per heavy atom. The van der Waals surface area contributed by atoms with Crippen LogP contribution in [0.2, 0.25) is 5.02 Å². The molecule has 0 aliphatic carbocycles. The predicted octanol–water partition coefficient (Wildman–Crippen LogP) is 3.88. The Labute approximate surface area is 182 Å². The van der Waals surface area contributed by atoms with Gasteiger partial charge in [0.15, 0.2) is 6.61 Å². The van der Waals surface area contributed by atoms with Crippen molar-refractivity contribution in [3.8, 4) is 5.75 Å². The van der Waals surface area contributed by atoms with E-state index in [0.29, 0.717) is 22.1 Å². The summed E-state index contributed by atoms with van der Waals surface area (Å²) in [7, 11) is 0. The van der Waals surface area contributed by atoms with Crippen LogP contribution in [-0.4, -0.2) is 55.7 Å². The summed E-state index contributed by atoms with van der Waals surface area (Å²) in [6.45, 7) is 2.12. The van der Waals surface area contributed by atoms with Crippen molar-refractivity contribution in [2.24, 2.45) is 0 Å². The van der Waals surface area contributed by atoms with Gasteiger partial charge in [0, 0.05) is 31.9 Å². The Bertz CT molecular complexity index is 943. The highest BCUT2D eigenvalue weighted by Crippen LogP contribution is 2.30. The minimum Gasteiger partial charge on any atom is -0.484 e. The van der Waals surface area contributed by atoms with E-state index in [-0.39, 0.29) is 38.7 Å². The number of aryl methyl sites for hydroxylation is 1. The maximum Gasteiger partial charge on any atom is 0.471 e. The zero-order valence-corrected chi connectivity index (χ0v) is 17.5. The summed E-state index contributed by atoms with van der Waals surface area (Å²) < 4.78 is 43.1. The molecule has 1 fully saturated rings. The maximum absolute atomic E-state index is 12.6. The molecule has 1 aliphatic heterocycles. The molecule has 0 aromatic heterocycles. The molecule has 0 spiro atoms. The Kier molecular flexibility index (Phi) is 6.94. The molecule has 1 saturated heterocycles. The van der Waals surface area contributed by atoms with E-state index in [9.17, 15) is 22.8 Å². The summed E-state index contributed by atoms with van der Waals surface area (Å²) in [4.78, 5) is 26.0. The lowest BCUT2D eigenvalue weighted by atomic mass is 10.2. The van der Waals surface area contributed by atoms with Crippen molar-refractivity contribution in [3.63, 3.8) is 0 Å². The lowest BCUT2D eigenvalue weighted by molar-refractivity contribution is -0.185. The zero-order valence-electron chi connectivity index (χ0n) is 16.7. The Hall–Kier alpha value is -2.94. The van der Waals surface area contributed by atoms with Gasteiger partial charge in [-0.15, -0.1) is 0 Å². The molecule has 31 heavy (non-hydrogen) atoms. The summed E-state index contributed by atoms with van der Waals surface area (Å²) in [5.74, 6) is -1.61. The number of carbonyl (C=O) groups is 2. The van der Waals surface area contributed by atoms with Crippen molar-refractivity contribution in [3.05, 3.63) is 53.1 Å². The monoisotopic (exact) mass is 455 g/mol. The first kappa shape index (κ1) is 22.7. The quantitative estimate of drug-likeness (QED) is 0.743. The normalized spacial score (nSPS) is 14.4. The number of ether oxygens (including phenoxy) is 1. The Morgan fingerprint density at radius 2 is 1.71 bits per heavy atom. The molecule has 10 heteroatoms. The smallest absolute Gasteiger partial charge is 0.471 e. The Balaban J connectivity index is 1.53. The average molecular weight is 456 g/mol. The van der Waals surface area contributed by atoms with Crippen molar-refractivity contribution >= 4 is 34.8 Å². The highest BCUT2D eigenvalue weighted by atomic mass is 35.5. The van der Waals surface area contributed by atoms with E-state index >= 15 is 0 Å². The van der Waals surface area contributed by atoms with Crippen LogP contribution in [-0.2, 0) is 9.59 Å². The second-order valence-electron chi connectivity index (χ2n) is 7.09. The second kappa shape index (κ2) is 9.47. The highest BCUT2D eigenvalue weighted by molar-refractivity contribution is 6.33. The number of rotatable bonds is 5. The molecule has 1 aliphatic rings. The topological polar surface area (TPSA) is 61.9 Å². The summed E-state index contributed by atoms with van der Waals surface area (Å²) >= 11 is 6.32. The van der Waals surface area contributed by atoms with E-state index in [1.54, 1.807) is 35.2 Å². The first-order valence-corrected chi connectivity index (χ1v) is 9.91. The maximum atomic E-state index is 12.6. The van der Waals surface area contributed by atoms with Crippen molar-refractivity contribution < 1.29 is 27.5 Å². The van der Waals surface area contributed by atoms with Gasteiger partial charge in [-0.25, -0.2) is 0 Å². The fourth-order valence-electron chi connectivity index (χ4n) is 3.15. The van der Waals surface area contributed by atoms with Crippen LogP contribution < -0.4 is 15.0 Å². The van der Waals surface area contributed by atoms with Crippen molar-refractivity contribution in [2.75, 3.05) is 43.0 Å². The number of amides is 2. The molecule has 0 atom stereocenters. The van der Waals surface area contributed by atoms with Gasteiger partial charge in [0.1, 0.15) is 5.75 Å². The van der Waals surface area contributed by atoms with E-state index in [1.807, 2.05) is 19.1 Å². The van der Waals surface area contributed by atoms with Gasteiger partial charge in [0.2, 0.25) is 0 Å². The first-order chi connectivity index (χ1) is 14.6. The van der Waals surface area contributed by atoms with Crippen molar-refractivity contribution in [1.82, 2.24) is 4.90 Å². The molecular formula is C21H21ClF3N3O3. The number of nitrogens with one attached hydrogen (secondary N) is 1. The van der Waals surface area contributed by atoms with Gasteiger partial charge in [0.25, 0.3) is 5.91 Å².